The van der Waals surface area contributed by atoms with Crippen LogP contribution >= 0.6 is 0 Å². The van der Waals surface area contributed by atoms with Crippen LogP contribution in [0, 0.1) is 29.0 Å². The topological polar surface area (TPSA) is 30.0 Å². The van der Waals surface area contributed by atoms with Gasteiger partial charge in [0.25, 0.3) is 0 Å². The number of hydrogen-bond donors (Lipinski definition) is 0. The summed E-state index contributed by atoms with van der Waals surface area (Å²) >= 11 is 0. The van der Waals surface area contributed by atoms with Crippen molar-refractivity contribution in [1.29, 1.82) is 0 Å². The first-order valence-corrected chi connectivity index (χ1v) is 8.32. The summed E-state index contributed by atoms with van der Waals surface area (Å²) in [5, 5.41) is 0.721. The summed E-state index contributed by atoms with van der Waals surface area (Å²) in [6.45, 7) is 8.02. The molecule has 1 aromatic heterocycles. The zero-order valence-corrected chi connectivity index (χ0v) is 14.8. The Kier molecular flexibility index (Phi) is 5.72. The number of pyridine rings is 1. The van der Waals surface area contributed by atoms with Gasteiger partial charge in [0, 0.05) is 29.8 Å². The number of hydrogen-bond acceptors (Lipinski definition) is 2. The zero-order valence-electron chi connectivity index (χ0n) is 14.8. The molecule has 0 saturated heterocycles. The van der Waals surface area contributed by atoms with E-state index < -0.39 is 5.41 Å². The number of nitrogens with zero attached hydrogens (tertiary/aromatic N) is 1. The van der Waals surface area contributed by atoms with Gasteiger partial charge in [0.15, 0.2) is 0 Å². The highest BCUT2D eigenvalue weighted by atomic mass is 19.1. The fraction of sp³-hybridized carbons (Fsp3) is 0.429. The summed E-state index contributed by atoms with van der Waals surface area (Å²) in [7, 11) is 0. The molecule has 24 heavy (non-hydrogen) atoms. The van der Waals surface area contributed by atoms with Crippen molar-refractivity contribution in [2.45, 2.75) is 47.0 Å². The molecule has 0 radical (unpaired) electrons. The predicted molar refractivity (Wildman–Crippen MR) is 96.0 cm³/mol. The van der Waals surface area contributed by atoms with Crippen LogP contribution in [0.2, 0.25) is 0 Å². The molecule has 126 valence electrons. The summed E-state index contributed by atoms with van der Waals surface area (Å²) in [5.74, 6) is 6.19. The molecule has 2 nitrogen and oxygen atoms in total. The lowest BCUT2D eigenvalue weighted by Gasteiger charge is -2.28. The van der Waals surface area contributed by atoms with E-state index >= 15 is 0 Å². The Balaban J connectivity index is 2.26. The number of benzene rings is 1. The van der Waals surface area contributed by atoms with E-state index in [1.54, 1.807) is 19.2 Å². The molecule has 0 fully saturated rings. The molecule has 0 aliphatic rings. The molecule has 0 amide bonds. The van der Waals surface area contributed by atoms with Crippen molar-refractivity contribution < 1.29 is 9.18 Å². The Bertz CT molecular complexity index is 800. The number of Topliss-reactive ketones (excluding diaryl/α,β-unsaturated/α-hetero) is 1. The largest absolute Gasteiger partial charge is 0.299 e. The van der Waals surface area contributed by atoms with E-state index in [1.807, 2.05) is 19.1 Å². The molecular weight excluding hydrogens is 301 g/mol. The van der Waals surface area contributed by atoms with Gasteiger partial charge in [-0.3, -0.25) is 9.78 Å². The van der Waals surface area contributed by atoms with Gasteiger partial charge >= 0.3 is 0 Å². The zero-order chi connectivity index (χ0) is 17.7. The molecular formula is C21H24FNO. The Hall–Kier alpha value is -2.21. The van der Waals surface area contributed by atoms with Crippen molar-refractivity contribution in [2.75, 3.05) is 0 Å². The quantitative estimate of drug-likeness (QED) is 0.703. The van der Waals surface area contributed by atoms with E-state index in [-0.39, 0.29) is 11.6 Å². The molecule has 1 atom stereocenters. The van der Waals surface area contributed by atoms with Crippen molar-refractivity contribution in [3.63, 3.8) is 0 Å². The Morgan fingerprint density at radius 3 is 2.79 bits per heavy atom. The van der Waals surface area contributed by atoms with Crippen LogP contribution in [0.5, 0.6) is 0 Å². The highest BCUT2D eigenvalue weighted by Crippen LogP contribution is 2.32. The van der Waals surface area contributed by atoms with Crippen molar-refractivity contribution in [2.24, 2.45) is 11.3 Å². The molecule has 1 heterocycles. The van der Waals surface area contributed by atoms with Crippen LogP contribution in [0.4, 0.5) is 4.39 Å². The highest BCUT2D eigenvalue weighted by molar-refractivity contribution is 5.88. The molecule has 0 spiro atoms. The number of aromatic nitrogens is 1. The molecule has 2 rings (SSSR count). The van der Waals surface area contributed by atoms with Crippen molar-refractivity contribution >= 4 is 16.7 Å². The first-order valence-electron chi connectivity index (χ1n) is 8.32. The van der Waals surface area contributed by atoms with E-state index in [2.05, 4.69) is 30.7 Å². The molecule has 0 N–H and O–H groups in total. The number of halogens is 1. The van der Waals surface area contributed by atoms with Gasteiger partial charge < -0.3 is 0 Å². The van der Waals surface area contributed by atoms with E-state index in [4.69, 9.17) is 0 Å². The summed E-state index contributed by atoms with van der Waals surface area (Å²) < 4.78 is 13.7. The molecule has 2 aromatic rings. The standard InChI is InChI=1S/C21H24FNO/c1-5-6-10-21(4,13-15(2)3)19(24)12-16-11-17-8-7-9-18(22)20(17)23-14-16/h7-9,11,14-15H,10,12-13H2,1-4H3. The van der Waals surface area contributed by atoms with Gasteiger partial charge in [0.1, 0.15) is 17.1 Å². The molecule has 0 aliphatic carbocycles. The summed E-state index contributed by atoms with van der Waals surface area (Å²) in [6, 6.07) is 6.72. The molecule has 0 bridgehead atoms. The van der Waals surface area contributed by atoms with Gasteiger partial charge in [-0.2, -0.15) is 0 Å². The molecule has 0 saturated carbocycles. The first kappa shape index (κ1) is 18.1. The molecule has 0 aliphatic heterocycles. The smallest absolute Gasteiger partial charge is 0.149 e. The maximum atomic E-state index is 13.7. The summed E-state index contributed by atoms with van der Waals surface area (Å²) in [5.41, 5.74) is 0.696. The maximum absolute atomic E-state index is 13.7. The van der Waals surface area contributed by atoms with Gasteiger partial charge in [0.2, 0.25) is 0 Å². The van der Waals surface area contributed by atoms with E-state index in [0.717, 1.165) is 17.4 Å². The van der Waals surface area contributed by atoms with Crippen molar-refractivity contribution in [3.8, 4) is 11.8 Å². The van der Waals surface area contributed by atoms with Crippen molar-refractivity contribution in [3.05, 3.63) is 41.8 Å². The lowest BCUT2D eigenvalue weighted by atomic mass is 9.74. The number of fused-ring (bicyclic) bond motifs is 1. The first-order chi connectivity index (χ1) is 11.4. The third kappa shape index (κ3) is 4.20. The monoisotopic (exact) mass is 325 g/mol. The van der Waals surface area contributed by atoms with E-state index in [9.17, 15) is 9.18 Å². The Labute approximate surface area is 143 Å². The van der Waals surface area contributed by atoms with Gasteiger partial charge in [-0.1, -0.05) is 32.9 Å². The second kappa shape index (κ2) is 7.57. The molecule has 3 heteroatoms. The van der Waals surface area contributed by atoms with Crippen LogP contribution in [-0.4, -0.2) is 10.8 Å². The summed E-state index contributed by atoms with van der Waals surface area (Å²) in [6.07, 6.45) is 3.27. The second-order valence-corrected chi connectivity index (χ2v) is 7.02. The average Bonchev–Trinajstić information content (AvgIpc) is 2.52. The SMILES string of the molecule is CC#CCC(C)(CC(C)C)C(=O)Cc1cnc2c(F)cccc2c1. The molecule has 1 unspecified atom stereocenters. The lowest BCUT2D eigenvalue weighted by molar-refractivity contribution is -0.127. The van der Waals surface area contributed by atoms with Crippen molar-refractivity contribution in [1.82, 2.24) is 4.98 Å². The van der Waals surface area contributed by atoms with E-state index in [0.29, 0.717) is 24.3 Å². The third-order valence-corrected chi connectivity index (χ3v) is 4.27. The van der Waals surface area contributed by atoms with Gasteiger partial charge in [0.05, 0.1) is 0 Å². The lowest BCUT2D eigenvalue weighted by Crippen LogP contribution is -2.30. The van der Waals surface area contributed by atoms with Crippen LogP contribution in [0.15, 0.2) is 30.5 Å². The van der Waals surface area contributed by atoms with Crippen LogP contribution in [-0.2, 0) is 11.2 Å². The van der Waals surface area contributed by atoms with Crippen LogP contribution in [0.25, 0.3) is 10.9 Å². The van der Waals surface area contributed by atoms with Gasteiger partial charge in [-0.25, -0.2) is 4.39 Å². The van der Waals surface area contributed by atoms with Gasteiger partial charge in [-0.05, 0) is 37.0 Å². The third-order valence-electron chi connectivity index (χ3n) is 4.27. The molecule has 1 aromatic carbocycles. The van der Waals surface area contributed by atoms with Crippen LogP contribution < -0.4 is 0 Å². The maximum Gasteiger partial charge on any atom is 0.149 e. The van der Waals surface area contributed by atoms with Gasteiger partial charge in [-0.15, -0.1) is 11.8 Å². The second-order valence-electron chi connectivity index (χ2n) is 7.02. The number of ketones is 1. The normalized spacial score (nSPS) is 13.4. The minimum Gasteiger partial charge on any atom is -0.299 e. The number of para-hydroxylation sites is 1. The predicted octanol–water partition coefficient (Wildman–Crippen LogP) is 4.95. The number of carbonyl (C=O) groups is 1. The van der Waals surface area contributed by atoms with Crippen LogP contribution in [0.3, 0.4) is 0 Å². The summed E-state index contributed by atoms with van der Waals surface area (Å²) in [4.78, 5) is 17.1. The Morgan fingerprint density at radius 1 is 1.38 bits per heavy atom. The average molecular weight is 325 g/mol. The van der Waals surface area contributed by atoms with E-state index in [1.165, 1.54) is 6.07 Å². The van der Waals surface area contributed by atoms with Crippen LogP contribution in [0.1, 0.15) is 46.1 Å². The minimum atomic E-state index is -0.464. The highest BCUT2D eigenvalue weighted by Gasteiger charge is 2.32. The minimum absolute atomic E-state index is 0.163. The Morgan fingerprint density at radius 2 is 2.12 bits per heavy atom. The fourth-order valence-electron chi connectivity index (χ4n) is 3.13. The number of carbonyl (C=O) groups excluding carboxylic acids is 1. The fourth-order valence-corrected chi connectivity index (χ4v) is 3.13. The number of rotatable bonds is 6.